The normalized spacial score (nSPS) is 10.2. The van der Waals surface area contributed by atoms with Crippen LogP contribution in [0.1, 0.15) is 11.1 Å². The maximum Gasteiger partial charge on any atom is 1.00 e. The van der Waals surface area contributed by atoms with Gasteiger partial charge >= 0.3 is 29.6 Å². The summed E-state index contributed by atoms with van der Waals surface area (Å²) in [6.45, 7) is 6.84. The van der Waals surface area contributed by atoms with Crippen molar-refractivity contribution in [2.45, 2.75) is 13.8 Å². The third kappa shape index (κ3) is 8.66. The predicted octanol–water partition coefficient (Wildman–Crippen LogP) is -1.56. The molecule has 0 heterocycles. The molecule has 0 fully saturated rings. The van der Waals surface area contributed by atoms with E-state index in [2.05, 4.69) is 0 Å². The minimum atomic E-state index is -0.0870. The Bertz CT molecular complexity index is 398. The van der Waals surface area contributed by atoms with Crippen LogP contribution in [-0.4, -0.2) is 46.8 Å². The Morgan fingerprint density at radius 3 is 2.00 bits per heavy atom. The fourth-order valence-electron chi connectivity index (χ4n) is 1.55. The SMILES string of the molecule is COCCOCCOCCOc1cc(C)c(C)cc1[O-].[Na+]. The Kier molecular flexibility index (Phi) is 12.1. The van der Waals surface area contributed by atoms with Crippen molar-refractivity contribution in [2.75, 3.05) is 46.8 Å². The number of rotatable bonds is 10. The number of benzene rings is 1. The van der Waals surface area contributed by atoms with Gasteiger partial charge in [-0.15, -0.1) is 0 Å². The van der Waals surface area contributed by atoms with Gasteiger partial charge in [-0.05, 0) is 31.0 Å². The van der Waals surface area contributed by atoms with E-state index in [4.69, 9.17) is 18.9 Å². The Labute approximate surface area is 148 Å². The second kappa shape index (κ2) is 12.3. The molecular weight excluding hydrogens is 283 g/mol. The molecule has 114 valence electrons. The van der Waals surface area contributed by atoms with E-state index in [-0.39, 0.29) is 35.3 Å². The predicted molar refractivity (Wildman–Crippen MR) is 74.4 cm³/mol. The molecule has 0 N–H and O–H groups in total. The van der Waals surface area contributed by atoms with Gasteiger partial charge in [-0.25, -0.2) is 0 Å². The average molecular weight is 306 g/mol. The molecule has 1 aromatic rings. The van der Waals surface area contributed by atoms with Gasteiger partial charge in [0.25, 0.3) is 0 Å². The zero-order valence-electron chi connectivity index (χ0n) is 13.4. The van der Waals surface area contributed by atoms with Gasteiger partial charge in [-0.1, -0.05) is 11.8 Å². The van der Waals surface area contributed by atoms with Crippen LogP contribution in [-0.2, 0) is 14.2 Å². The maximum atomic E-state index is 11.7. The van der Waals surface area contributed by atoms with Crippen LogP contribution in [0.4, 0.5) is 0 Å². The van der Waals surface area contributed by atoms with Crippen molar-refractivity contribution >= 4 is 0 Å². The molecule has 0 saturated carbocycles. The monoisotopic (exact) mass is 306 g/mol. The van der Waals surface area contributed by atoms with Gasteiger partial charge in [0, 0.05) is 7.11 Å². The van der Waals surface area contributed by atoms with Gasteiger partial charge in [0.2, 0.25) is 0 Å². The van der Waals surface area contributed by atoms with Crippen molar-refractivity contribution < 1.29 is 53.6 Å². The first kappa shape index (κ1) is 20.7. The second-order valence-corrected chi connectivity index (χ2v) is 4.45. The molecule has 5 nitrogen and oxygen atoms in total. The van der Waals surface area contributed by atoms with Crippen LogP contribution in [0.15, 0.2) is 12.1 Å². The number of methoxy groups -OCH3 is 1. The van der Waals surface area contributed by atoms with Crippen LogP contribution >= 0.6 is 0 Å². The van der Waals surface area contributed by atoms with Crippen molar-refractivity contribution in [3.05, 3.63) is 23.3 Å². The van der Waals surface area contributed by atoms with Crippen LogP contribution in [0.2, 0.25) is 0 Å². The van der Waals surface area contributed by atoms with Gasteiger partial charge in [-0.3, -0.25) is 0 Å². The van der Waals surface area contributed by atoms with E-state index in [1.807, 2.05) is 13.8 Å². The topological polar surface area (TPSA) is 60.0 Å². The molecule has 0 aromatic heterocycles. The Morgan fingerprint density at radius 2 is 1.38 bits per heavy atom. The van der Waals surface area contributed by atoms with E-state index < -0.39 is 0 Å². The minimum absolute atomic E-state index is 0. The molecule has 21 heavy (non-hydrogen) atoms. The Hall–Kier alpha value is -0.300. The third-order valence-corrected chi connectivity index (χ3v) is 2.85. The molecule has 0 atom stereocenters. The summed E-state index contributed by atoms with van der Waals surface area (Å²) < 4.78 is 20.9. The van der Waals surface area contributed by atoms with Gasteiger partial charge in [-0.2, -0.15) is 0 Å². The number of aryl methyl sites for hydroxylation is 2. The van der Waals surface area contributed by atoms with E-state index in [1.54, 1.807) is 19.2 Å². The summed E-state index contributed by atoms with van der Waals surface area (Å²) in [5.41, 5.74) is 2.03. The summed E-state index contributed by atoms with van der Waals surface area (Å²) in [6.07, 6.45) is 0. The smallest absolute Gasteiger partial charge is 0.870 e. The van der Waals surface area contributed by atoms with E-state index in [0.717, 1.165) is 11.1 Å². The third-order valence-electron chi connectivity index (χ3n) is 2.85. The summed E-state index contributed by atoms with van der Waals surface area (Å²) in [5, 5.41) is 11.7. The fourth-order valence-corrected chi connectivity index (χ4v) is 1.55. The van der Waals surface area contributed by atoms with Crippen LogP contribution in [0.5, 0.6) is 11.5 Å². The van der Waals surface area contributed by atoms with E-state index in [9.17, 15) is 5.11 Å². The van der Waals surface area contributed by atoms with Crippen LogP contribution in [0.3, 0.4) is 0 Å². The minimum Gasteiger partial charge on any atom is -0.870 e. The Morgan fingerprint density at radius 1 is 0.857 bits per heavy atom. The largest absolute Gasteiger partial charge is 1.00 e. The van der Waals surface area contributed by atoms with Crippen molar-refractivity contribution in [1.82, 2.24) is 0 Å². The zero-order chi connectivity index (χ0) is 14.8. The van der Waals surface area contributed by atoms with E-state index in [1.165, 1.54) is 0 Å². The van der Waals surface area contributed by atoms with E-state index >= 15 is 0 Å². The summed E-state index contributed by atoms with van der Waals surface area (Å²) in [4.78, 5) is 0. The summed E-state index contributed by atoms with van der Waals surface area (Å²) in [6, 6.07) is 3.36. The quantitative estimate of drug-likeness (QED) is 0.386. The molecule has 1 aromatic carbocycles. The molecule has 0 spiro atoms. The number of hydrogen-bond donors (Lipinski definition) is 0. The molecule has 1 rings (SSSR count). The van der Waals surface area contributed by atoms with Crippen molar-refractivity contribution in [3.63, 3.8) is 0 Å². The zero-order valence-corrected chi connectivity index (χ0v) is 15.4. The Balaban J connectivity index is 0.00000400. The first-order valence-electron chi connectivity index (χ1n) is 6.70. The van der Waals surface area contributed by atoms with Crippen LogP contribution in [0.25, 0.3) is 0 Å². The molecule has 0 bridgehead atoms. The molecule has 0 aliphatic rings. The molecule has 0 saturated heterocycles. The molecule has 0 aliphatic carbocycles. The fraction of sp³-hybridized carbons (Fsp3) is 0.600. The standard InChI is InChI=1S/C15H24O5.Na/c1-12-10-14(16)15(11-13(12)2)20-9-8-19-7-6-18-5-4-17-3;/h10-11,16H,4-9H2,1-3H3;/q;+1/p-1. The summed E-state index contributed by atoms with van der Waals surface area (Å²) >= 11 is 0. The van der Waals surface area contributed by atoms with Gasteiger partial charge in [0.05, 0.1) is 33.0 Å². The molecular formula is C15H23NaO5. The summed E-state index contributed by atoms with van der Waals surface area (Å²) in [7, 11) is 1.63. The number of ether oxygens (including phenoxy) is 4. The molecule has 6 heteroatoms. The maximum absolute atomic E-state index is 11.7. The summed E-state index contributed by atoms with van der Waals surface area (Å²) in [5.74, 6) is 0.295. The van der Waals surface area contributed by atoms with E-state index in [0.29, 0.717) is 45.4 Å². The number of hydrogen-bond acceptors (Lipinski definition) is 5. The average Bonchev–Trinajstić information content (AvgIpc) is 2.42. The first-order valence-corrected chi connectivity index (χ1v) is 6.70. The molecule has 0 aliphatic heterocycles. The van der Waals surface area contributed by atoms with Gasteiger partial charge in [0.1, 0.15) is 12.4 Å². The molecule has 0 radical (unpaired) electrons. The van der Waals surface area contributed by atoms with Crippen LogP contribution in [0, 0.1) is 13.8 Å². The van der Waals surface area contributed by atoms with Gasteiger partial charge < -0.3 is 24.1 Å². The van der Waals surface area contributed by atoms with Crippen molar-refractivity contribution in [1.29, 1.82) is 0 Å². The van der Waals surface area contributed by atoms with Crippen molar-refractivity contribution in [3.8, 4) is 11.5 Å². The molecule has 0 amide bonds. The first-order chi connectivity index (χ1) is 9.65. The van der Waals surface area contributed by atoms with Crippen LogP contribution < -0.4 is 39.4 Å². The second-order valence-electron chi connectivity index (χ2n) is 4.45. The molecule has 0 unspecified atom stereocenters. The van der Waals surface area contributed by atoms with Gasteiger partial charge in [0.15, 0.2) is 0 Å². The van der Waals surface area contributed by atoms with Crippen molar-refractivity contribution in [2.24, 2.45) is 0 Å².